The maximum Gasteiger partial charge on any atom is 0.397 e. The van der Waals surface area contributed by atoms with Crippen molar-refractivity contribution in [3.05, 3.63) is 11.6 Å². The average Bonchev–Trinajstić information content (AvgIpc) is 3.12. The second kappa shape index (κ2) is 10.5. The van der Waals surface area contributed by atoms with Crippen LogP contribution in [0.4, 0.5) is 0 Å². The summed E-state index contributed by atoms with van der Waals surface area (Å²) in [5.41, 5.74) is 1.62. The van der Waals surface area contributed by atoms with Crippen LogP contribution in [0, 0.1) is 46.3 Å². The second-order valence-electron chi connectivity index (χ2n) is 13.2. The van der Waals surface area contributed by atoms with Crippen molar-refractivity contribution in [3.63, 3.8) is 0 Å². The molecule has 37 heavy (non-hydrogen) atoms. The molecule has 3 fully saturated rings. The van der Waals surface area contributed by atoms with Gasteiger partial charge in [0.25, 0.3) is 0 Å². The molecule has 4 rings (SSSR count). The Hall–Kier alpha value is -0.520. The summed E-state index contributed by atoms with van der Waals surface area (Å²) in [6.45, 7) is 11.0. The molecule has 214 valence electrons. The Labute approximate surface area is 223 Å². The predicted octanol–water partition coefficient (Wildman–Crippen LogP) is 6.01. The number of allylic oxidation sites excluding steroid dienone is 1. The third-order valence-corrected chi connectivity index (χ3v) is 12.0. The lowest BCUT2D eigenvalue weighted by Gasteiger charge is -2.58. The van der Waals surface area contributed by atoms with E-state index in [0.29, 0.717) is 48.9 Å². The summed E-state index contributed by atoms with van der Waals surface area (Å²) >= 11 is 0. The van der Waals surface area contributed by atoms with Gasteiger partial charge >= 0.3 is 20.8 Å². The molecule has 0 bridgehead atoms. The van der Waals surface area contributed by atoms with Crippen LogP contribution in [-0.2, 0) is 29.2 Å². The minimum Gasteiger partial charge on any atom is -0.264 e. The minimum atomic E-state index is -4.46. The molecule has 0 aliphatic heterocycles. The molecule has 0 amide bonds. The van der Waals surface area contributed by atoms with E-state index in [2.05, 4.69) is 26.8 Å². The third kappa shape index (κ3) is 6.14. The Morgan fingerprint density at radius 3 is 2.27 bits per heavy atom. The fourth-order valence-corrected chi connectivity index (χ4v) is 10.3. The summed E-state index contributed by atoms with van der Waals surface area (Å²) in [7, 11) is -8.90. The molecule has 10 heteroatoms. The smallest absolute Gasteiger partial charge is 0.264 e. The summed E-state index contributed by atoms with van der Waals surface area (Å²) in [6.07, 6.45) is 10.7. The van der Waals surface area contributed by atoms with E-state index in [1.807, 2.05) is 13.8 Å². The van der Waals surface area contributed by atoms with Gasteiger partial charge in [-0.3, -0.25) is 9.11 Å². The minimum absolute atomic E-state index is 0.00146. The molecule has 0 aromatic rings. The molecular formula is C27H46O8S2. The van der Waals surface area contributed by atoms with Crippen LogP contribution in [0.3, 0.4) is 0 Å². The Morgan fingerprint density at radius 2 is 1.65 bits per heavy atom. The van der Waals surface area contributed by atoms with Gasteiger partial charge in [-0.1, -0.05) is 46.3 Å². The molecule has 0 aromatic carbocycles. The topological polar surface area (TPSA) is 127 Å². The van der Waals surface area contributed by atoms with Crippen molar-refractivity contribution < 1.29 is 34.3 Å². The summed E-state index contributed by atoms with van der Waals surface area (Å²) in [5, 5.41) is 0. The van der Waals surface area contributed by atoms with Crippen LogP contribution in [0.5, 0.6) is 0 Å². The number of hydrogen-bond acceptors (Lipinski definition) is 6. The van der Waals surface area contributed by atoms with Crippen LogP contribution in [0.25, 0.3) is 0 Å². The van der Waals surface area contributed by atoms with Gasteiger partial charge in [-0.25, -0.2) is 8.37 Å². The maximum atomic E-state index is 11.3. The fourth-order valence-electron chi connectivity index (χ4n) is 9.13. The highest BCUT2D eigenvalue weighted by molar-refractivity contribution is 7.81. The number of fused-ring (bicyclic) bond motifs is 5. The van der Waals surface area contributed by atoms with Gasteiger partial charge in [0.05, 0.1) is 12.2 Å². The number of hydrogen-bond donors (Lipinski definition) is 2. The lowest BCUT2D eigenvalue weighted by atomic mass is 9.47. The van der Waals surface area contributed by atoms with Crippen molar-refractivity contribution >= 4 is 20.8 Å². The highest BCUT2D eigenvalue weighted by Crippen LogP contribution is 2.67. The maximum absolute atomic E-state index is 11.3. The van der Waals surface area contributed by atoms with Crippen molar-refractivity contribution in [1.82, 2.24) is 0 Å². The van der Waals surface area contributed by atoms with Crippen LogP contribution in [0.2, 0.25) is 0 Å². The first-order valence-electron chi connectivity index (χ1n) is 14.0. The van der Waals surface area contributed by atoms with E-state index < -0.39 is 33.0 Å². The largest absolute Gasteiger partial charge is 0.397 e. The van der Waals surface area contributed by atoms with Gasteiger partial charge < -0.3 is 0 Å². The SMILES string of the molecule is CC(C)C(CC[C@@H](C)C1CCC2C3CC=C4C[C@@H](OS(=O)(=O)O)CCC4(C)C3CCC21C)OS(=O)(=O)O. The molecule has 4 aliphatic carbocycles. The van der Waals surface area contributed by atoms with Crippen LogP contribution in [-0.4, -0.2) is 38.1 Å². The van der Waals surface area contributed by atoms with E-state index in [1.165, 1.54) is 31.3 Å². The van der Waals surface area contributed by atoms with Crippen molar-refractivity contribution in [2.24, 2.45) is 46.3 Å². The van der Waals surface area contributed by atoms with Crippen molar-refractivity contribution in [2.75, 3.05) is 0 Å². The molecule has 0 heterocycles. The van der Waals surface area contributed by atoms with E-state index in [4.69, 9.17) is 12.9 Å². The second-order valence-corrected chi connectivity index (χ2v) is 15.3. The van der Waals surface area contributed by atoms with Crippen LogP contribution >= 0.6 is 0 Å². The first-order chi connectivity index (χ1) is 17.0. The Morgan fingerprint density at radius 1 is 0.946 bits per heavy atom. The summed E-state index contributed by atoms with van der Waals surface area (Å²) in [4.78, 5) is 0. The molecule has 2 N–H and O–H groups in total. The molecule has 0 radical (unpaired) electrons. The van der Waals surface area contributed by atoms with E-state index in [0.717, 1.165) is 19.3 Å². The lowest BCUT2D eigenvalue weighted by Crippen LogP contribution is -2.51. The highest BCUT2D eigenvalue weighted by atomic mass is 32.3. The van der Waals surface area contributed by atoms with E-state index in [-0.39, 0.29) is 16.7 Å². The monoisotopic (exact) mass is 562 g/mol. The van der Waals surface area contributed by atoms with Gasteiger partial charge in [0.15, 0.2) is 0 Å². The zero-order chi connectivity index (χ0) is 27.4. The zero-order valence-electron chi connectivity index (χ0n) is 22.9. The van der Waals surface area contributed by atoms with Gasteiger partial charge in [-0.15, -0.1) is 0 Å². The fraction of sp³-hybridized carbons (Fsp3) is 0.926. The Bertz CT molecular complexity index is 1080. The summed E-state index contributed by atoms with van der Waals surface area (Å²) < 4.78 is 73.4. The molecule has 7 unspecified atom stereocenters. The molecule has 8 nitrogen and oxygen atoms in total. The predicted molar refractivity (Wildman–Crippen MR) is 141 cm³/mol. The highest BCUT2D eigenvalue weighted by Gasteiger charge is 2.59. The van der Waals surface area contributed by atoms with E-state index in [9.17, 15) is 21.4 Å². The van der Waals surface area contributed by atoms with Crippen molar-refractivity contribution in [3.8, 4) is 0 Å². The first kappa shape index (κ1) is 29.5. The Kier molecular flexibility index (Phi) is 8.34. The standard InChI is InChI=1S/C27H46O8S2/c1-17(2)25(35-37(31,32)33)11-6-18(3)22-9-10-23-21-8-7-19-16-20(34-36(28,29)30)12-14-26(19,4)24(21)13-15-27(22,23)5/h7,17-18,20-25H,6,8-16H2,1-5H3,(H,28,29,30)(H,31,32,33)/t18-,20+,21?,22?,23?,24?,25?,26?,27?/m1/s1. The van der Waals surface area contributed by atoms with Crippen LogP contribution in [0.1, 0.15) is 98.8 Å². The van der Waals surface area contributed by atoms with Gasteiger partial charge in [0.2, 0.25) is 0 Å². The Balaban J connectivity index is 1.44. The molecule has 9 atom stereocenters. The molecular weight excluding hydrogens is 516 g/mol. The van der Waals surface area contributed by atoms with Gasteiger partial charge in [-0.2, -0.15) is 16.8 Å². The molecule has 0 spiro atoms. The summed E-state index contributed by atoms with van der Waals surface area (Å²) in [5.74, 6) is 2.87. The van der Waals surface area contributed by atoms with Gasteiger partial charge in [0.1, 0.15) is 0 Å². The lowest BCUT2D eigenvalue weighted by molar-refractivity contribution is -0.0566. The normalized spacial score (nSPS) is 39.9. The quantitative estimate of drug-likeness (QED) is 0.258. The first-order valence-corrected chi connectivity index (χ1v) is 16.8. The average molecular weight is 563 g/mol. The van der Waals surface area contributed by atoms with E-state index in [1.54, 1.807) is 0 Å². The van der Waals surface area contributed by atoms with Crippen molar-refractivity contribution in [2.45, 2.75) is 111 Å². The van der Waals surface area contributed by atoms with Crippen LogP contribution < -0.4 is 0 Å². The van der Waals surface area contributed by atoms with Crippen molar-refractivity contribution in [1.29, 1.82) is 0 Å². The van der Waals surface area contributed by atoms with Gasteiger partial charge in [-0.05, 0) is 111 Å². The molecule has 0 saturated heterocycles. The van der Waals surface area contributed by atoms with Crippen LogP contribution in [0.15, 0.2) is 11.6 Å². The molecule has 3 saturated carbocycles. The zero-order valence-corrected chi connectivity index (χ0v) is 24.6. The molecule has 4 aliphatic rings. The van der Waals surface area contributed by atoms with E-state index >= 15 is 0 Å². The third-order valence-electron chi connectivity index (χ3n) is 11.0. The van der Waals surface area contributed by atoms with Gasteiger partial charge in [0, 0.05) is 0 Å². The summed E-state index contributed by atoms with van der Waals surface area (Å²) in [6, 6.07) is 0. The number of rotatable bonds is 9. The molecule has 0 aromatic heterocycles.